The smallest absolute Gasteiger partial charge is 0.861 e. The Bertz CT molecular complexity index is 285. The molecule has 11 nitrogen and oxygen atoms in total. The Kier molecular flexibility index (Phi) is 25.4. The average Bonchev–Trinajstić information content (AvgIpc) is 2.27. The topological polar surface area (TPSA) is 215 Å². The molecule has 0 aromatic rings. The van der Waals surface area contributed by atoms with Gasteiger partial charge in [0.25, 0.3) is 0 Å². The number of nitrogens with zero attached hydrogens (tertiary/aromatic N) is 2. The zero-order valence-electron chi connectivity index (χ0n) is 9.81. The second-order valence-electron chi connectivity index (χ2n) is 2.51. The predicted molar refractivity (Wildman–Crippen MR) is 59.4 cm³/mol. The Morgan fingerprint density at radius 2 is 1.68 bits per heavy atom. The van der Waals surface area contributed by atoms with E-state index in [1.165, 1.54) is 6.92 Å². The first kappa shape index (κ1) is 25.9. The van der Waals surface area contributed by atoms with Gasteiger partial charge in [0.1, 0.15) is 12.6 Å². The van der Waals surface area contributed by atoms with E-state index in [0.29, 0.717) is 0 Å². The molecule has 113 valence electrons. The van der Waals surface area contributed by atoms with Crippen molar-refractivity contribution in [3.05, 3.63) is 10.1 Å². The maximum absolute atomic E-state index is 10.2. The summed E-state index contributed by atoms with van der Waals surface area (Å²) >= 11 is 0. The number of hydrogen-bond acceptors (Lipinski definition) is 9. The van der Waals surface area contributed by atoms with Gasteiger partial charge in [0, 0.05) is 6.54 Å². The molecule has 0 saturated heterocycles. The number of rotatable bonds is 4. The monoisotopic (exact) mass is 325 g/mol. The summed E-state index contributed by atoms with van der Waals surface area (Å²) in [4.78, 5) is 30.4. The largest absolute Gasteiger partial charge is 2.00 e. The third-order valence-corrected chi connectivity index (χ3v) is 0.955. The molecule has 19 heavy (non-hydrogen) atoms. The van der Waals surface area contributed by atoms with E-state index in [0.717, 1.165) is 5.34 Å². The van der Waals surface area contributed by atoms with Crippen LogP contribution in [-0.2, 0) is 26.4 Å². The van der Waals surface area contributed by atoms with E-state index in [2.05, 4.69) is 4.99 Å². The van der Waals surface area contributed by atoms with Crippen LogP contribution in [0.1, 0.15) is 6.92 Å². The van der Waals surface area contributed by atoms with Gasteiger partial charge in [-0.05, 0) is 12.8 Å². The van der Waals surface area contributed by atoms with E-state index in [9.17, 15) is 14.7 Å². The maximum atomic E-state index is 10.2. The minimum absolute atomic E-state index is 0. The zero-order chi connectivity index (χ0) is 15.1. The van der Waals surface area contributed by atoms with E-state index in [1.54, 1.807) is 0 Å². The summed E-state index contributed by atoms with van der Waals surface area (Å²) in [5.41, 5.74) is 9.66. The summed E-state index contributed by atoms with van der Waals surface area (Å²) in [6.07, 6.45) is 0. The average molecular weight is 325 g/mol. The SMILES string of the molecule is CC(N)C(=O)O.NCC([O-])=NCC(=O)O.O=N[O-].[Co+2]. The van der Waals surface area contributed by atoms with Gasteiger partial charge in [0.15, 0.2) is 0 Å². The summed E-state index contributed by atoms with van der Waals surface area (Å²) in [5.74, 6) is -2.68. The standard InChI is InChI=1S/C4H8N2O3.C3H7NO2.Co.HNO2/c5-1-3(7)6-2-4(8)9;1-2(4)3(5)6;;2-1-3/h1-2,5H2,(H,6,7)(H,8,9);2H,4H2,1H3,(H,5,6);;(H,2,3)/q;;+2;/p-2. The maximum Gasteiger partial charge on any atom is 2.00 e. The van der Waals surface area contributed by atoms with Crippen molar-refractivity contribution in [2.75, 3.05) is 13.1 Å². The third kappa shape index (κ3) is 38.6. The molecular formula is C7H14CoN4O7. The Hall–Kier alpha value is -1.76. The molecule has 1 unspecified atom stereocenters. The minimum Gasteiger partial charge on any atom is -0.861 e. The number of hydrogen-bond donors (Lipinski definition) is 4. The van der Waals surface area contributed by atoms with Gasteiger partial charge in [-0.3, -0.25) is 14.6 Å². The summed E-state index contributed by atoms with van der Waals surface area (Å²) in [6, 6.07) is -0.731. The fourth-order valence-corrected chi connectivity index (χ4v) is 0.220. The number of carbonyl (C=O) groups is 2. The summed E-state index contributed by atoms with van der Waals surface area (Å²) in [5, 5.41) is 35.0. The van der Waals surface area contributed by atoms with Crippen molar-refractivity contribution >= 4 is 17.8 Å². The van der Waals surface area contributed by atoms with Crippen LogP contribution in [0.15, 0.2) is 10.3 Å². The van der Waals surface area contributed by atoms with Crippen molar-refractivity contribution in [2.24, 2.45) is 21.8 Å². The molecule has 0 saturated carbocycles. The number of aliphatic carboxylic acids is 2. The fraction of sp³-hybridized carbons (Fsp3) is 0.571. The van der Waals surface area contributed by atoms with Crippen LogP contribution in [0, 0.1) is 10.1 Å². The molecule has 0 rings (SSSR count). The summed E-state index contributed by atoms with van der Waals surface area (Å²) in [7, 11) is 0. The van der Waals surface area contributed by atoms with Gasteiger partial charge in [-0.15, -0.1) is 5.34 Å². The normalized spacial score (nSPS) is 10.4. The first-order valence-electron chi connectivity index (χ1n) is 4.28. The number of nitrogens with two attached hydrogens (primary N) is 2. The molecule has 0 fully saturated rings. The van der Waals surface area contributed by atoms with E-state index in [-0.39, 0.29) is 23.3 Å². The van der Waals surface area contributed by atoms with Gasteiger partial charge in [0.05, 0.1) is 0 Å². The molecule has 1 atom stereocenters. The first-order chi connectivity index (χ1) is 8.22. The van der Waals surface area contributed by atoms with Crippen molar-refractivity contribution in [1.82, 2.24) is 0 Å². The molecule has 0 bridgehead atoms. The van der Waals surface area contributed by atoms with Gasteiger partial charge < -0.3 is 36.9 Å². The fourth-order valence-electron chi connectivity index (χ4n) is 0.220. The van der Waals surface area contributed by atoms with E-state index in [1.807, 2.05) is 0 Å². The Morgan fingerprint density at radius 1 is 1.37 bits per heavy atom. The van der Waals surface area contributed by atoms with Gasteiger partial charge in [0.2, 0.25) is 0 Å². The Morgan fingerprint density at radius 3 is 1.84 bits per heavy atom. The molecule has 0 aliphatic rings. The molecule has 1 radical (unpaired) electrons. The van der Waals surface area contributed by atoms with Crippen molar-refractivity contribution in [3.63, 3.8) is 0 Å². The zero-order valence-corrected chi connectivity index (χ0v) is 10.9. The molecule has 0 aromatic heterocycles. The van der Waals surface area contributed by atoms with E-state index in [4.69, 9.17) is 31.8 Å². The molecule has 0 spiro atoms. The van der Waals surface area contributed by atoms with Crippen molar-refractivity contribution < 1.29 is 41.7 Å². The Labute approximate surface area is 118 Å². The molecule has 0 aromatic carbocycles. The predicted octanol–water partition coefficient (Wildman–Crippen LogP) is -2.55. The second kappa shape index (κ2) is 18.6. The van der Waals surface area contributed by atoms with Crippen molar-refractivity contribution in [2.45, 2.75) is 13.0 Å². The third-order valence-electron chi connectivity index (χ3n) is 0.955. The minimum atomic E-state index is -1.13. The van der Waals surface area contributed by atoms with Crippen molar-refractivity contribution in [1.29, 1.82) is 0 Å². The van der Waals surface area contributed by atoms with E-state index < -0.39 is 30.4 Å². The number of carboxylic acids is 2. The summed E-state index contributed by atoms with van der Waals surface area (Å²) < 4.78 is 0. The molecule has 0 aliphatic carbocycles. The second-order valence-corrected chi connectivity index (χ2v) is 2.51. The van der Waals surface area contributed by atoms with Crippen LogP contribution < -0.4 is 16.6 Å². The van der Waals surface area contributed by atoms with Gasteiger partial charge in [-0.1, -0.05) is 0 Å². The summed E-state index contributed by atoms with van der Waals surface area (Å²) in [6.45, 7) is 0.700. The van der Waals surface area contributed by atoms with Crippen molar-refractivity contribution in [3.8, 4) is 0 Å². The molecule has 6 N–H and O–H groups in total. The van der Waals surface area contributed by atoms with Gasteiger partial charge in [-0.2, -0.15) is 0 Å². The van der Waals surface area contributed by atoms with Crippen LogP contribution >= 0.6 is 0 Å². The molecule has 12 heteroatoms. The molecular weight excluding hydrogens is 311 g/mol. The van der Waals surface area contributed by atoms with Gasteiger partial charge in [-0.25, -0.2) is 0 Å². The first-order valence-corrected chi connectivity index (χ1v) is 4.28. The van der Waals surface area contributed by atoms with Crippen LogP contribution in [0.2, 0.25) is 0 Å². The number of carboxylic acid groups (broad SMARTS) is 2. The van der Waals surface area contributed by atoms with Crippen LogP contribution in [0.25, 0.3) is 0 Å². The molecule has 0 amide bonds. The molecule has 0 aliphatic heterocycles. The number of aliphatic imine (C=N–C) groups is 1. The van der Waals surface area contributed by atoms with Gasteiger partial charge >= 0.3 is 28.7 Å². The quantitative estimate of drug-likeness (QED) is 0.185. The van der Waals surface area contributed by atoms with Crippen LogP contribution in [0.3, 0.4) is 0 Å². The van der Waals surface area contributed by atoms with Crippen LogP contribution in [0.5, 0.6) is 0 Å². The van der Waals surface area contributed by atoms with E-state index >= 15 is 0 Å². The van der Waals surface area contributed by atoms with Crippen LogP contribution in [0.4, 0.5) is 0 Å². The Balaban J connectivity index is -0.0000000982. The molecule has 0 heterocycles. The van der Waals surface area contributed by atoms with Crippen LogP contribution in [-0.4, -0.2) is 47.2 Å².